The van der Waals surface area contributed by atoms with E-state index in [2.05, 4.69) is 144 Å². The first-order valence-corrected chi connectivity index (χ1v) is 15.3. The summed E-state index contributed by atoms with van der Waals surface area (Å²) in [5, 5.41) is 9.78. The summed E-state index contributed by atoms with van der Waals surface area (Å²) >= 11 is 0. The lowest BCUT2D eigenvalue weighted by Crippen LogP contribution is -1.94. The first kappa shape index (κ1) is 24.4. The van der Waals surface area contributed by atoms with E-state index < -0.39 is 0 Å². The molecule has 0 saturated carbocycles. The fourth-order valence-electron chi connectivity index (χ4n) is 7.41. The van der Waals surface area contributed by atoms with Crippen molar-refractivity contribution in [2.45, 2.75) is 0 Å². The number of hydrogen-bond acceptors (Lipinski definition) is 2. The Hall–Kier alpha value is -6.06. The van der Waals surface area contributed by atoms with Crippen LogP contribution in [0.25, 0.3) is 93.2 Å². The Labute approximate surface area is 259 Å². The molecule has 0 spiro atoms. The van der Waals surface area contributed by atoms with Crippen LogP contribution >= 0.6 is 0 Å². The molecule has 0 N–H and O–H groups in total. The Morgan fingerprint density at radius 3 is 2.07 bits per heavy atom. The summed E-state index contributed by atoms with van der Waals surface area (Å²) in [6.45, 7) is 0. The molecule has 3 heteroatoms. The highest BCUT2D eigenvalue weighted by Gasteiger charge is 2.22. The first-order valence-electron chi connectivity index (χ1n) is 15.3. The molecule has 3 nitrogen and oxygen atoms in total. The molecule has 0 radical (unpaired) electrons. The van der Waals surface area contributed by atoms with Crippen LogP contribution in [0.4, 0.5) is 0 Å². The minimum absolute atomic E-state index is 0.933. The largest absolute Gasteiger partial charge is 0.309 e. The Morgan fingerprint density at radius 2 is 1.16 bits per heavy atom. The molecule has 0 aliphatic carbocycles. The molecule has 0 fully saturated rings. The van der Waals surface area contributed by atoms with E-state index in [-0.39, 0.29) is 0 Å². The van der Waals surface area contributed by atoms with Gasteiger partial charge in [-0.15, -0.1) is 0 Å². The second-order valence-corrected chi connectivity index (χ2v) is 11.8. The summed E-state index contributed by atoms with van der Waals surface area (Å²) in [6, 6.07) is 52.3. The van der Waals surface area contributed by atoms with Gasteiger partial charge in [0.25, 0.3) is 0 Å². The van der Waals surface area contributed by atoms with Gasteiger partial charge in [-0.25, -0.2) is 4.98 Å². The highest BCUT2D eigenvalue weighted by atomic mass is 15.0. The molecular weight excluding hydrogens is 546 g/mol. The Morgan fingerprint density at radius 1 is 0.444 bits per heavy atom. The molecular formula is C42H25N3. The van der Waals surface area contributed by atoms with Crippen LogP contribution in [-0.2, 0) is 0 Å². The maximum absolute atomic E-state index is 5.30. The summed E-state index contributed by atoms with van der Waals surface area (Å²) < 4.78 is 2.44. The summed E-state index contributed by atoms with van der Waals surface area (Å²) in [6.07, 6.45) is 1.85. The topological polar surface area (TPSA) is 30.7 Å². The number of pyridine rings is 2. The Bertz CT molecular complexity index is 2760. The van der Waals surface area contributed by atoms with Crippen molar-refractivity contribution in [3.63, 3.8) is 0 Å². The standard InChI is InChI=1S/C42H25N3/c1-2-9-26(10-3-1)29-11-6-13-30(25-29)45-36-17-7-16-33-31-14-4-5-15-32(31)38-34(21-23-37(45)40(38)39(33)36)35-22-20-28-19-18-27-12-8-24-43-41(27)42(28)44-35/h1-25H. The predicted octanol–water partition coefficient (Wildman–Crippen LogP) is 11.0. The normalized spacial score (nSPS) is 12.0. The van der Waals surface area contributed by atoms with Crippen LogP contribution in [0.2, 0.25) is 0 Å². The van der Waals surface area contributed by atoms with E-state index in [0.29, 0.717) is 0 Å². The van der Waals surface area contributed by atoms with Crippen molar-refractivity contribution in [3.05, 3.63) is 152 Å². The molecule has 0 aliphatic rings. The third kappa shape index (κ3) is 3.46. The van der Waals surface area contributed by atoms with Gasteiger partial charge in [-0.2, -0.15) is 0 Å². The molecule has 0 bridgehead atoms. The molecule has 10 aromatic rings. The fourth-order valence-corrected chi connectivity index (χ4v) is 7.41. The predicted molar refractivity (Wildman–Crippen MR) is 188 cm³/mol. The van der Waals surface area contributed by atoms with Crippen molar-refractivity contribution in [2.24, 2.45) is 0 Å². The van der Waals surface area contributed by atoms with E-state index >= 15 is 0 Å². The van der Waals surface area contributed by atoms with E-state index in [4.69, 9.17) is 9.97 Å². The maximum Gasteiger partial charge on any atom is 0.0972 e. The van der Waals surface area contributed by atoms with Crippen LogP contribution < -0.4 is 0 Å². The summed E-state index contributed by atoms with van der Waals surface area (Å²) in [5.41, 5.74) is 9.94. The molecule has 10 rings (SSSR count). The average Bonchev–Trinajstić information content (AvgIpc) is 3.46. The first-order chi connectivity index (χ1) is 22.3. The minimum Gasteiger partial charge on any atom is -0.309 e. The average molecular weight is 572 g/mol. The molecule has 45 heavy (non-hydrogen) atoms. The van der Waals surface area contributed by atoms with Crippen LogP contribution in [0.3, 0.4) is 0 Å². The van der Waals surface area contributed by atoms with Gasteiger partial charge in [-0.1, -0.05) is 109 Å². The van der Waals surface area contributed by atoms with Crippen LogP contribution in [0.5, 0.6) is 0 Å². The summed E-state index contributed by atoms with van der Waals surface area (Å²) in [7, 11) is 0. The molecule has 0 saturated heterocycles. The lowest BCUT2D eigenvalue weighted by molar-refractivity contribution is 1.18. The molecule has 208 valence electrons. The zero-order chi connectivity index (χ0) is 29.5. The van der Waals surface area contributed by atoms with Gasteiger partial charge < -0.3 is 4.57 Å². The van der Waals surface area contributed by atoms with Crippen LogP contribution in [-0.4, -0.2) is 14.5 Å². The number of rotatable bonds is 3. The monoisotopic (exact) mass is 571 g/mol. The van der Waals surface area contributed by atoms with Gasteiger partial charge in [0.1, 0.15) is 0 Å². The van der Waals surface area contributed by atoms with Gasteiger partial charge in [0, 0.05) is 44.4 Å². The molecule has 0 unspecified atom stereocenters. The SMILES string of the molecule is c1ccc(-c2cccc(-n3c4cccc5c6ccccc6c6c(-c7ccc8ccc9cccnc9c8n7)ccc3c6c54)c2)cc1. The lowest BCUT2D eigenvalue weighted by Gasteiger charge is -2.14. The Balaban J connectivity index is 1.33. The molecule has 3 aromatic heterocycles. The third-order valence-corrected chi connectivity index (χ3v) is 9.36. The van der Waals surface area contributed by atoms with Crippen LogP contribution in [0.15, 0.2) is 152 Å². The van der Waals surface area contributed by atoms with E-state index in [1.165, 1.54) is 54.5 Å². The fraction of sp³-hybridized carbons (Fsp3) is 0. The van der Waals surface area contributed by atoms with Gasteiger partial charge in [-0.05, 0) is 63.7 Å². The van der Waals surface area contributed by atoms with Gasteiger partial charge >= 0.3 is 0 Å². The van der Waals surface area contributed by atoms with E-state index in [0.717, 1.165) is 38.8 Å². The molecule has 7 aromatic carbocycles. The minimum atomic E-state index is 0.933. The zero-order valence-corrected chi connectivity index (χ0v) is 24.3. The summed E-state index contributed by atoms with van der Waals surface area (Å²) in [4.78, 5) is 10.0. The Kier molecular flexibility index (Phi) is 5.00. The quantitative estimate of drug-likeness (QED) is 0.198. The zero-order valence-electron chi connectivity index (χ0n) is 24.3. The lowest BCUT2D eigenvalue weighted by atomic mass is 9.90. The highest BCUT2D eigenvalue weighted by molar-refractivity contribution is 6.36. The van der Waals surface area contributed by atoms with Gasteiger partial charge in [0.2, 0.25) is 0 Å². The van der Waals surface area contributed by atoms with Crippen molar-refractivity contribution in [1.82, 2.24) is 14.5 Å². The van der Waals surface area contributed by atoms with Crippen molar-refractivity contribution >= 4 is 65.2 Å². The second kappa shape index (κ2) is 9.22. The highest BCUT2D eigenvalue weighted by Crippen LogP contribution is 2.47. The molecule has 3 heterocycles. The van der Waals surface area contributed by atoms with E-state index in [1.807, 2.05) is 12.3 Å². The number of nitrogens with zero attached hydrogens (tertiary/aromatic N) is 3. The van der Waals surface area contributed by atoms with Gasteiger partial charge in [-0.3, -0.25) is 4.98 Å². The smallest absolute Gasteiger partial charge is 0.0972 e. The van der Waals surface area contributed by atoms with Gasteiger partial charge in [0.05, 0.1) is 27.8 Å². The second-order valence-electron chi connectivity index (χ2n) is 11.8. The van der Waals surface area contributed by atoms with Crippen molar-refractivity contribution in [3.8, 4) is 28.1 Å². The summed E-state index contributed by atoms with van der Waals surface area (Å²) in [5.74, 6) is 0. The van der Waals surface area contributed by atoms with E-state index in [1.54, 1.807) is 0 Å². The van der Waals surface area contributed by atoms with Gasteiger partial charge in [0.15, 0.2) is 0 Å². The molecule has 0 amide bonds. The van der Waals surface area contributed by atoms with Crippen molar-refractivity contribution < 1.29 is 0 Å². The molecule has 0 atom stereocenters. The van der Waals surface area contributed by atoms with Crippen LogP contribution in [0.1, 0.15) is 0 Å². The number of benzene rings is 7. The van der Waals surface area contributed by atoms with Crippen molar-refractivity contribution in [2.75, 3.05) is 0 Å². The van der Waals surface area contributed by atoms with Crippen molar-refractivity contribution in [1.29, 1.82) is 0 Å². The van der Waals surface area contributed by atoms with Crippen LogP contribution in [0, 0.1) is 0 Å². The molecule has 0 aliphatic heterocycles. The van der Waals surface area contributed by atoms with E-state index in [9.17, 15) is 0 Å². The number of hydrogen-bond donors (Lipinski definition) is 0. The third-order valence-electron chi connectivity index (χ3n) is 9.36. The maximum atomic E-state index is 5.30. The number of fused-ring (bicyclic) bond motifs is 6. The number of aromatic nitrogens is 3.